The zero-order chi connectivity index (χ0) is 42.2. The van der Waals surface area contributed by atoms with Gasteiger partial charge in [-0.05, 0) is 121 Å². The van der Waals surface area contributed by atoms with E-state index in [-0.39, 0.29) is 22.9 Å². The highest BCUT2D eigenvalue weighted by molar-refractivity contribution is 5.87. The van der Waals surface area contributed by atoms with E-state index < -0.39 is 11.9 Å². The highest BCUT2D eigenvalue weighted by atomic mass is 16.4. The molecule has 0 amide bonds. The predicted molar refractivity (Wildman–Crippen MR) is 235 cm³/mol. The molecule has 0 radical (unpaired) electrons. The van der Waals surface area contributed by atoms with Crippen molar-refractivity contribution in [3.8, 4) is 0 Å². The van der Waals surface area contributed by atoms with Crippen molar-refractivity contribution in [2.24, 2.45) is 28.1 Å². The Morgan fingerprint density at radius 2 is 1.26 bits per heavy atom. The summed E-state index contributed by atoms with van der Waals surface area (Å²) in [5.41, 5.74) is 1.34. The molecule has 2 saturated carbocycles. The first-order chi connectivity index (χ1) is 26.1. The normalized spacial score (nSPS) is 30.9. The van der Waals surface area contributed by atoms with Gasteiger partial charge in [0.1, 0.15) is 0 Å². The molecule has 0 aromatic rings. The van der Waals surface area contributed by atoms with Crippen molar-refractivity contribution in [2.45, 2.75) is 199 Å². The van der Waals surface area contributed by atoms with Crippen LogP contribution in [0.1, 0.15) is 193 Å². The number of carboxylic acid groups (broad SMARTS) is 2. The third-order valence-electron chi connectivity index (χ3n) is 11.6. The molecular weight excluding hydrogens is 675 g/mol. The lowest BCUT2D eigenvalue weighted by atomic mass is 9.78. The van der Waals surface area contributed by atoms with Crippen molar-refractivity contribution >= 4 is 11.9 Å². The molecule has 0 bridgehead atoms. The Bertz CT molecular complexity index is 925. The first-order valence-corrected chi connectivity index (χ1v) is 23.0. The van der Waals surface area contributed by atoms with E-state index in [1.165, 1.54) is 70.8 Å². The van der Waals surface area contributed by atoms with Gasteiger partial charge in [-0.25, -0.2) is 4.79 Å². The average Bonchev–Trinajstić information content (AvgIpc) is 3.71. The molecule has 324 valence electrons. The second-order valence-corrected chi connectivity index (χ2v) is 14.9. The van der Waals surface area contributed by atoms with E-state index in [4.69, 9.17) is 10.2 Å². The van der Waals surface area contributed by atoms with Crippen LogP contribution in [-0.2, 0) is 9.59 Å². The molecule has 3 aliphatic carbocycles. The van der Waals surface area contributed by atoms with Crippen molar-refractivity contribution < 1.29 is 24.9 Å². The fourth-order valence-electron chi connectivity index (χ4n) is 8.98. The molecular formula is C46H95N3O5. The van der Waals surface area contributed by atoms with Gasteiger partial charge in [0.25, 0.3) is 0 Å². The summed E-state index contributed by atoms with van der Waals surface area (Å²) in [5.74, 6) is -0.881. The van der Waals surface area contributed by atoms with Crippen LogP contribution >= 0.6 is 0 Å². The van der Waals surface area contributed by atoms with Crippen molar-refractivity contribution in [2.75, 3.05) is 46.3 Å². The Morgan fingerprint density at radius 3 is 1.76 bits per heavy atom. The maximum absolute atomic E-state index is 10.9. The van der Waals surface area contributed by atoms with Crippen molar-refractivity contribution in [3.05, 3.63) is 11.6 Å². The van der Waals surface area contributed by atoms with Gasteiger partial charge < -0.3 is 30.9 Å². The summed E-state index contributed by atoms with van der Waals surface area (Å²) in [4.78, 5) is 24.1. The van der Waals surface area contributed by atoms with Gasteiger partial charge in [0.2, 0.25) is 0 Å². The minimum atomic E-state index is -0.730. The van der Waals surface area contributed by atoms with Crippen molar-refractivity contribution in [1.82, 2.24) is 15.5 Å². The van der Waals surface area contributed by atoms with E-state index in [1.807, 2.05) is 89.2 Å². The SMILES string of the molecule is CC.CC.CC.CC.CC.CC.CC1CCC2(CCCCN(C)C2)C1O.O=C(O)C1=CC2(CCCCNC2)CC1.O=C(O)C1CCC2(CCCCNC2)C1. The van der Waals surface area contributed by atoms with Crippen LogP contribution < -0.4 is 10.6 Å². The van der Waals surface area contributed by atoms with Crippen LogP contribution in [0.2, 0.25) is 0 Å². The fraction of sp³-hybridized carbons (Fsp3) is 0.913. The molecule has 6 rings (SSSR count). The van der Waals surface area contributed by atoms with Gasteiger partial charge in [-0.2, -0.15) is 0 Å². The lowest BCUT2D eigenvalue weighted by Gasteiger charge is -2.35. The first-order valence-electron chi connectivity index (χ1n) is 23.0. The molecule has 3 aliphatic heterocycles. The Labute approximate surface area is 336 Å². The number of rotatable bonds is 2. The van der Waals surface area contributed by atoms with Crippen LogP contribution in [0.15, 0.2) is 11.6 Å². The number of likely N-dealkylation sites (tertiary alicyclic amines) is 1. The minimum Gasteiger partial charge on any atom is -0.481 e. The molecule has 0 aromatic carbocycles. The summed E-state index contributed by atoms with van der Waals surface area (Å²) >= 11 is 0. The molecule has 8 nitrogen and oxygen atoms in total. The van der Waals surface area contributed by atoms with Crippen molar-refractivity contribution in [3.63, 3.8) is 0 Å². The summed E-state index contributed by atoms with van der Waals surface area (Å²) in [6, 6.07) is 0. The minimum absolute atomic E-state index is 0.0527. The van der Waals surface area contributed by atoms with Gasteiger partial charge in [0.05, 0.1) is 12.0 Å². The number of nitrogens with one attached hydrogen (secondary N) is 2. The molecule has 8 heteroatoms. The van der Waals surface area contributed by atoms with E-state index in [0.29, 0.717) is 16.9 Å². The molecule has 3 spiro atoms. The lowest BCUT2D eigenvalue weighted by Crippen LogP contribution is -2.41. The third kappa shape index (κ3) is 19.6. The zero-order valence-electron chi connectivity index (χ0n) is 38.5. The van der Waals surface area contributed by atoms with Crippen LogP contribution in [0.4, 0.5) is 0 Å². The van der Waals surface area contributed by atoms with Gasteiger partial charge >= 0.3 is 11.9 Å². The van der Waals surface area contributed by atoms with Gasteiger partial charge in [0, 0.05) is 36.0 Å². The molecule has 6 aliphatic rings. The van der Waals surface area contributed by atoms with Crippen LogP contribution in [0.5, 0.6) is 0 Å². The monoisotopic (exact) mass is 770 g/mol. The molecule has 6 unspecified atom stereocenters. The zero-order valence-corrected chi connectivity index (χ0v) is 38.5. The average molecular weight is 770 g/mol. The topological polar surface area (TPSA) is 122 Å². The van der Waals surface area contributed by atoms with Crippen molar-refractivity contribution in [1.29, 1.82) is 0 Å². The number of aliphatic carboxylic acids is 2. The number of hydrogen-bond donors (Lipinski definition) is 5. The molecule has 3 saturated heterocycles. The maximum Gasteiger partial charge on any atom is 0.331 e. The molecule has 3 heterocycles. The van der Waals surface area contributed by atoms with E-state index in [9.17, 15) is 14.7 Å². The molecule has 5 fully saturated rings. The highest BCUT2D eigenvalue weighted by Gasteiger charge is 2.46. The van der Waals surface area contributed by atoms with E-state index in [1.54, 1.807) is 0 Å². The number of aliphatic hydroxyl groups is 1. The summed E-state index contributed by atoms with van der Waals surface area (Å²) in [6.45, 7) is 32.7. The second kappa shape index (κ2) is 33.6. The standard InChI is InChI=1S/C12H23NO.C11H19NO2.C11H17NO2.6C2H6/c1-10-5-7-12(11(10)14)6-3-4-8-13(2)9-12;2*13-10(14)9-3-5-11(7-9)4-1-2-6-12-8-11;6*1-2/h10-11,14H,3-9H2,1-2H3;9,12H,1-8H2,(H,13,14);7,12H,1-6,8H2,(H,13,14);6*1-2H3. The number of carbonyl (C=O) groups is 2. The molecule has 5 N–H and O–H groups in total. The van der Waals surface area contributed by atoms with Crippen LogP contribution in [-0.4, -0.2) is 84.6 Å². The first kappa shape index (κ1) is 56.8. The Kier molecular flexibility index (Phi) is 35.4. The summed E-state index contributed by atoms with van der Waals surface area (Å²) < 4.78 is 0. The second-order valence-electron chi connectivity index (χ2n) is 14.9. The molecule has 6 atom stereocenters. The van der Waals surface area contributed by atoms with E-state index in [2.05, 4.69) is 29.5 Å². The largest absolute Gasteiger partial charge is 0.481 e. The third-order valence-corrected chi connectivity index (χ3v) is 11.6. The number of nitrogens with zero attached hydrogens (tertiary/aromatic N) is 1. The number of hydrogen-bond acceptors (Lipinski definition) is 6. The van der Waals surface area contributed by atoms with Gasteiger partial charge in [-0.3, -0.25) is 4.79 Å². The summed E-state index contributed by atoms with van der Waals surface area (Å²) in [5, 5.41) is 35.0. The quantitative estimate of drug-likeness (QED) is 0.188. The van der Waals surface area contributed by atoms with Crippen LogP contribution in [0, 0.1) is 28.1 Å². The summed E-state index contributed by atoms with van der Waals surface area (Å²) in [6.07, 6.45) is 20.2. The lowest BCUT2D eigenvalue weighted by molar-refractivity contribution is -0.141. The van der Waals surface area contributed by atoms with Crippen LogP contribution in [0.3, 0.4) is 0 Å². The van der Waals surface area contributed by atoms with E-state index >= 15 is 0 Å². The van der Waals surface area contributed by atoms with Gasteiger partial charge in [-0.15, -0.1) is 0 Å². The van der Waals surface area contributed by atoms with Gasteiger partial charge in [0.15, 0.2) is 0 Å². The molecule has 0 aromatic heterocycles. The van der Waals surface area contributed by atoms with Gasteiger partial charge in [-0.1, -0.05) is 115 Å². The highest BCUT2D eigenvalue weighted by Crippen LogP contribution is 2.47. The number of aliphatic hydroxyl groups excluding tert-OH is 1. The maximum atomic E-state index is 10.9. The van der Waals surface area contributed by atoms with E-state index in [0.717, 1.165) is 71.2 Å². The Hall–Kier alpha value is -1.48. The Balaban J connectivity index is -0.000000633. The summed E-state index contributed by atoms with van der Waals surface area (Å²) in [7, 11) is 2.20. The molecule has 54 heavy (non-hydrogen) atoms. The van der Waals surface area contributed by atoms with Crippen LogP contribution in [0.25, 0.3) is 0 Å². The smallest absolute Gasteiger partial charge is 0.331 e. The number of carboxylic acids is 2. The predicted octanol–water partition coefficient (Wildman–Crippen LogP) is 11.2. The fourth-order valence-corrected chi connectivity index (χ4v) is 8.98. The Morgan fingerprint density at radius 1 is 0.704 bits per heavy atom.